The van der Waals surface area contributed by atoms with E-state index in [1.807, 2.05) is 119 Å². The molecule has 12 aromatic rings. The molecule has 0 bridgehead atoms. The number of hydrogen-bond donors (Lipinski definition) is 0. The van der Waals surface area contributed by atoms with Crippen molar-refractivity contribution in [2.24, 2.45) is 17.8 Å². The van der Waals surface area contributed by atoms with Crippen molar-refractivity contribution in [1.82, 2.24) is 29.9 Å². The van der Waals surface area contributed by atoms with Crippen LogP contribution in [0.4, 0.5) is 26.3 Å². The zero-order valence-electron chi connectivity index (χ0n) is 59.5. The first-order valence-electron chi connectivity index (χ1n) is 32.8. The van der Waals surface area contributed by atoms with E-state index in [1.54, 1.807) is 79.5 Å². The Morgan fingerprint density at radius 1 is 0.321 bits per heavy atom. The molecule has 6 radical (unpaired) electrons. The monoisotopic (exact) mass is 1920 g/mol. The minimum Gasteiger partial charge on any atom is -0.490 e. The van der Waals surface area contributed by atoms with Gasteiger partial charge >= 0.3 is 5.97 Å². The second-order valence-electron chi connectivity index (χ2n) is 24.6. The van der Waals surface area contributed by atoms with Crippen LogP contribution in [0.3, 0.4) is 0 Å². The van der Waals surface area contributed by atoms with E-state index >= 15 is 0 Å². The van der Waals surface area contributed by atoms with Crippen LogP contribution in [0, 0.1) is 117 Å². The van der Waals surface area contributed by atoms with E-state index in [-0.39, 0.29) is 267 Å². The Morgan fingerprint density at radius 3 is 0.991 bits per heavy atom. The Labute approximate surface area is 794 Å². The number of nitrogens with zero attached hydrogens (tertiary/aromatic N) is 6. The first kappa shape index (κ1) is 107. The van der Waals surface area contributed by atoms with Crippen molar-refractivity contribution in [2.75, 3.05) is 0 Å². The number of aryl methyl sites for hydroxylation is 4. The summed E-state index contributed by atoms with van der Waals surface area (Å²) in [6, 6.07) is 67.1. The molecule has 2 aliphatic rings. The summed E-state index contributed by atoms with van der Waals surface area (Å²) in [7, 11) is 0. The summed E-state index contributed by atoms with van der Waals surface area (Å²) in [6.45, 7) is 12.4. The zero-order chi connectivity index (χ0) is 70.0. The Morgan fingerprint density at radius 2 is 0.633 bits per heavy atom. The predicted octanol–water partition coefficient (Wildman–Crippen LogP) is 23.9. The minimum absolute atomic E-state index is 0. The van der Waals surface area contributed by atoms with Crippen LogP contribution in [-0.4, -0.2) is 35.9 Å². The second kappa shape index (κ2) is 56.2. The number of rotatable bonds is 9. The van der Waals surface area contributed by atoms with Crippen molar-refractivity contribution in [2.45, 2.75) is 129 Å². The number of carbonyl (C=O) groups is 1. The standard InChI is InChI=1S/C18H13FN.C17H12FN2.C14H16FO2.C13H16F.C12H9FN.C11H8FN2.4CH4.6Y/c1-13-2-11-18(20-12-13)16-5-3-14(4-6-16)15-7-9-17(19)10-8-15;1-12-10-19-17(20-11-12)15-4-2-13(3-5-15)14-6-8-16(18)9-7-14;1-10-2-4-11(5-3-10)14(16)17-13-8-6-12(15)7-9-13;1-10-2-4-11(5-3-10)12-6-8-13(14)9-7-12;1-9-2-7-12(14-8-9)10-3-5-11(13)6-4-10;1-8-6-13-11(14-7-8)9-2-4-10(12)5-3-9;;;;;;;;;;/h2-9,11-12H,1H3;2-8,10-11H,1H3;6,8-11H,2-5H2,1H3;6-8,10-11H,2-5H2,1H3;2-5,7-8H,1H3;2-4,6-7H,1H3;4*1H4;;;;;;/q6*-1;;;;;;;;;;. The van der Waals surface area contributed by atoms with E-state index in [0.29, 0.717) is 29.2 Å². The molecule has 0 unspecified atom stereocenters. The molecule has 0 aliphatic heterocycles. The molecular weight excluding hydrogens is 1830 g/mol. The van der Waals surface area contributed by atoms with Gasteiger partial charge in [-0.25, -0.2) is 46.3 Å². The molecule has 4 heterocycles. The minimum atomic E-state index is -0.448. The van der Waals surface area contributed by atoms with Gasteiger partial charge < -0.3 is 4.74 Å². The van der Waals surface area contributed by atoms with E-state index in [0.717, 1.165) is 110 Å². The fraction of sp³-hybridized carbons (Fsp3) is 0.247. The third kappa shape index (κ3) is 36.5. The van der Waals surface area contributed by atoms with Crippen LogP contribution in [0.2, 0.25) is 0 Å². The van der Waals surface area contributed by atoms with Gasteiger partial charge in [-0.2, -0.15) is 66.2 Å². The molecule has 8 aromatic carbocycles. The molecule has 2 saturated carbocycles. The quantitative estimate of drug-likeness (QED) is 0.0609. The van der Waals surface area contributed by atoms with Crippen LogP contribution in [-0.2, 0) is 201 Å². The van der Waals surface area contributed by atoms with E-state index < -0.39 is 5.82 Å². The number of hydrogen-bond acceptors (Lipinski definition) is 8. The van der Waals surface area contributed by atoms with Crippen molar-refractivity contribution in [1.29, 1.82) is 0 Å². The molecule has 0 saturated heterocycles. The number of benzene rings is 8. The van der Waals surface area contributed by atoms with Crippen molar-refractivity contribution in [3.63, 3.8) is 0 Å². The number of halogens is 6. The average Bonchev–Trinajstić information content (AvgIpc) is 0.847. The van der Waals surface area contributed by atoms with Crippen LogP contribution in [0.25, 0.3) is 67.5 Å². The molecule has 109 heavy (non-hydrogen) atoms. The molecule has 554 valence electrons. The average molecular weight is 1920 g/mol. The van der Waals surface area contributed by atoms with Gasteiger partial charge in [0.2, 0.25) is 0 Å². The maximum atomic E-state index is 12.9. The van der Waals surface area contributed by atoms with Crippen LogP contribution in [0.5, 0.6) is 5.75 Å². The Kier molecular flexibility index (Phi) is 55.1. The Bertz CT molecular complexity index is 3960. The van der Waals surface area contributed by atoms with E-state index in [4.69, 9.17) is 4.74 Å². The van der Waals surface area contributed by atoms with Crippen LogP contribution in [0.15, 0.2) is 219 Å². The Balaban J connectivity index is 0. The molecule has 0 N–H and O–H groups in total. The predicted molar refractivity (Wildman–Crippen MR) is 404 cm³/mol. The molecule has 0 spiro atoms. The Hall–Kier alpha value is -4.11. The van der Waals surface area contributed by atoms with Crippen LogP contribution in [0.1, 0.15) is 129 Å². The number of aromatic nitrogens is 6. The molecule has 4 aromatic heterocycles. The summed E-state index contributed by atoms with van der Waals surface area (Å²) in [5.74, 6) is 1.57. The smallest absolute Gasteiger partial charge is 0.302 e. The van der Waals surface area contributed by atoms with Crippen LogP contribution >= 0.6 is 0 Å². The van der Waals surface area contributed by atoms with Gasteiger partial charge in [-0.15, -0.1) is 102 Å². The van der Waals surface area contributed by atoms with Crippen molar-refractivity contribution in [3.8, 4) is 73.3 Å². The third-order valence-corrected chi connectivity index (χ3v) is 16.6. The first-order valence-corrected chi connectivity index (χ1v) is 32.8. The number of carbonyl (C=O) groups excluding carboxylic acids is 1. The largest absolute Gasteiger partial charge is 0.490 e. The summed E-state index contributed by atoms with van der Waals surface area (Å²) < 4.78 is 81.4. The van der Waals surface area contributed by atoms with Gasteiger partial charge in [-0.05, 0) is 99.6 Å². The number of pyridine rings is 2. The summed E-state index contributed by atoms with van der Waals surface area (Å²) in [5.41, 5.74) is 15.0. The van der Waals surface area contributed by atoms with Gasteiger partial charge in [0.1, 0.15) is 5.82 Å². The molecule has 2 aliphatic carbocycles. The van der Waals surface area contributed by atoms with Crippen molar-refractivity contribution in [3.05, 3.63) is 318 Å². The SMILES string of the molecule is C.C.C.C.CC1CCC(C(=O)Oc2c[c-]c(F)cc2)CC1.CC1CCC(c2c[c-]c(F)cc2)CC1.Cc1ccc(-c2c[c-]c(F)cc2)nc1.Cc1ccc(-c2ccc(-c3c[c-]c(F)cc3)cc2)nc1.Cc1cnc(-c2c[c-]c(F)cc2)nc1.Cc1cnc(-c2ccc(-c3c[c-]c(F)cc3)cc2)nc1.[Y].[Y].[Y].[Y].[Y].[Y]. The molecule has 0 amide bonds. The van der Waals surface area contributed by atoms with Crippen molar-refractivity contribution < 1.29 is 232 Å². The van der Waals surface area contributed by atoms with Gasteiger partial charge in [0.05, 0.1) is 11.6 Å². The summed E-state index contributed by atoms with van der Waals surface area (Å²) in [6.07, 6.45) is 19.8. The summed E-state index contributed by atoms with van der Waals surface area (Å²) >= 11 is 0. The molecule has 20 heteroatoms. The molecule has 14 rings (SSSR count). The maximum Gasteiger partial charge on any atom is 0.302 e. The molecule has 8 nitrogen and oxygen atoms in total. The van der Waals surface area contributed by atoms with Gasteiger partial charge in [-0.3, -0.25) is 14.8 Å². The fourth-order valence-electron chi connectivity index (χ4n) is 10.7. The van der Waals surface area contributed by atoms with E-state index in [1.165, 1.54) is 79.8 Å². The summed E-state index contributed by atoms with van der Waals surface area (Å²) in [5, 5.41) is 0. The normalized spacial score (nSPS) is 13.8. The molecular formula is C89H90F6N6O2Y6-6. The topological polar surface area (TPSA) is 104 Å². The maximum absolute atomic E-state index is 12.9. The third-order valence-electron chi connectivity index (χ3n) is 16.6. The van der Waals surface area contributed by atoms with E-state index in [9.17, 15) is 31.1 Å². The zero-order valence-corrected chi connectivity index (χ0v) is 76.5. The number of esters is 1. The van der Waals surface area contributed by atoms with E-state index in [2.05, 4.69) is 80.1 Å². The van der Waals surface area contributed by atoms with Crippen LogP contribution < -0.4 is 4.74 Å². The van der Waals surface area contributed by atoms with Gasteiger partial charge in [0.25, 0.3) is 0 Å². The van der Waals surface area contributed by atoms with Gasteiger partial charge in [0.15, 0.2) is 5.82 Å². The first-order chi connectivity index (χ1) is 47.9. The fourth-order valence-corrected chi connectivity index (χ4v) is 10.7. The number of ether oxygens (including phenoxy) is 1. The second-order valence-corrected chi connectivity index (χ2v) is 24.6. The van der Waals surface area contributed by atoms with Gasteiger partial charge in [0, 0.05) is 291 Å². The molecule has 0 atom stereocenters. The molecule has 2 fully saturated rings. The van der Waals surface area contributed by atoms with Gasteiger partial charge in [-0.1, -0.05) is 153 Å². The summed E-state index contributed by atoms with van der Waals surface area (Å²) in [4.78, 5) is 37.3. The van der Waals surface area contributed by atoms with Crippen molar-refractivity contribution >= 4 is 5.97 Å².